The molecule has 2 fully saturated rings. The van der Waals surface area contributed by atoms with Gasteiger partial charge in [0.05, 0.1) is 6.10 Å². The second kappa shape index (κ2) is 6.17. The van der Waals surface area contributed by atoms with E-state index in [-0.39, 0.29) is 0 Å². The third-order valence-electron chi connectivity index (χ3n) is 4.58. The van der Waals surface area contributed by atoms with Gasteiger partial charge in [-0.1, -0.05) is 12.8 Å². The van der Waals surface area contributed by atoms with Gasteiger partial charge in [0.2, 0.25) is 0 Å². The van der Waals surface area contributed by atoms with Crippen LogP contribution < -0.4 is 5.32 Å². The zero-order valence-electron chi connectivity index (χ0n) is 11.5. The van der Waals surface area contributed by atoms with Crippen LogP contribution in [-0.2, 0) is 4.74 Å². The van der Waals surface area contributed by atoms with Gasteiger partial charge in [0.15, 0.2) is 0 Å². The SMILES string of the molecule is CN(C)C1(CNCC2CCCCO2)CCCC1. The van der Waals surface area contributed by atoms with Crippen LogP contribution in [0.5, 0.6) is 0 Å². The summed E-state index contributed by atoms with van der Waals surface area (Å²) in [6.07, 6.45) is 9.76. The number of nitrogens with zero attached hydrogens (tertiary/aromatic N) is 1. The largest absolute Gasteiger partial charge is 0.377 e. The highest BCUT2D eigenvalue weighted by Gasteiger charge is 2.35. The number of rotatable bonds is 5. The van der Waals surface area contributed by atoms with Crippen LogP contribution in [0.4, 0.5) is 0 Å². The summed E-state index contributed by atoms with van der Waals surface area (Å²) >= 11 is 0. The van der Waals surface area contributed by atoms with Crippen molar-refractivity contribution in [2.75, 3.05) is 33.8 Å². The van der Waals surface area contributed by atoms with Gasteiger partial charge in [0.25, 0.3) is 0 Å². The lowest BCUT2D eigenvalue weighted by Gasteiger charge is -2.37. The van der Waals surface area contributed by atoms with Crippen LogP contribution in [0.25, 0.3) is 0 Å². The molecule has 17 heavy (non-hydrogen) atoms. The first kappa shape index (κ1) is 13.3. The van der Waals surface area contributed by atoms with Gasteiger partial charge in [-0.3, -0.25) is 0 Å². The standard InChI is InChI=1S/C14H28N2O/c1-16(2)14(8-4-5-9-14)12-15-11-13-7-3-6-10-17-13/h13,15H,3-12H2,1-2H3. The van der Waals surface area contributed by atoms with E-state index in [0.717, 1.165) is 19.7 Å². The number of hydrogen-bond donors (Lipinski definition) is 1. The summed E-state index contributed by atoms with van der Waals surface area (Å²) in [5, 5.41) is 3.65. The molecule has 2 aliphatic rings. The molecule has 1 atom stereocenters. The Hall–Kier alpha value is -0.120. The Morgan fingerprint density at radius 3 is 2.53 bits per heavy atom. The molecule has 1 saturated heterocycles. The maximum Gasteiger partial charge on any atom is 0.0699 e. The Bertz CT molecular complexity index is 218. The summed E-state index contributed by atoms with van der Waals surface area (Å²) in [5.41, 5.74) is 0.411. The quantitative estimate of drug-likeness (QED) is 0.795. The van der Waals surface area contributed by atoms with E-state index in [9.17, 15) is 0 Å². The average molecular weight is 240 g/mol. The second-order valence-corrected chi connectivity index (χ2v) is 5.95. The average Bonchev–Trinajstić information content (AvgIpc) is 2.80. The van der Waals surface area contributed by atoms with E-state index in [2.05, 4.69) is 24.3 Å². The number of likely N-dealkylation sites (N-methyl/N-ethyl adjacent to an activating group) is 1. The Balaban J connectivity index is 1.72. The van der Waals surface area contributed by atoms with Crippen molar-refractivity contribution in [2.45, 2.75) is 56.6 Å². The highest BCUT2D eigenvalue weighted by molar-refractivity contribution is 4.94. The second-order valence-electron chi connectivity index (χ2n) is 5.95. The third-order valence-corrected chi connectivity index (χ3v) is 4.58. The minimum absolute atomic E-state index is 0.411. The van der Waals surface area contributed by atoms with Crippen LogP contribution in [0.1, 0.15) is 44.9 Å². The monoisotopic (exact) mass is 240 g/mol. The van der Waals surface area contributed by atoms with Crippen LogP contribution in [0, 0.1) is 0 Å². The van der Waals surface area contributed by atoms with E-state index in [0.29, 0.717) is 11.6 Å². The Labute approximate surface area is 106 Å². The molecule has 0 radical (unpaired) electrons. The summed E-state index contributed by atoms with van der Waals surface area (Å²) in [4.78, 5) is 2.43. The Morgan fingerprint density at radius 2 is 1.94 bits per heavy atom. The molecule has 1 N–H and O–H groups in total. The van der Waals surface area contributed by atoms with Crippen molar-refractivity contribution in [1.82, 2.24) is 10.2 Å². The molecule has 1 aliphatic heterocycles. The van der Waals surface area contributed by atoms with Crippen LogP contribution in [0.15, 0.2) is 0 Å². The minimum atomic E-state index is 0.411. The first-order valence-electron chi connectivity index (χ1n) is 7.23. The number of ether oxygens (including phenoxy) is 1. The van der Waals surface area contributed by atoms with Crippen molar-refractivity contribution in [3.63, 3.8) is 0 Å². The van der Waals surface area contributed by atoms with Crippen molar-refractivity contribution in [1.29, 1.82) is 0 Å². The fourth-order valence-electron chi connectivity index (χ4n) is 3.25. The molecular weight excluding hydrogens is 212 g/mol. The van der Waals surface area contributed by atoms with Crippen molar-refractivity contribution >= 4 is 0 Å². The maximum atomic E-state index is 5.76. The predicted molar refractivity (Wildman–Crippen MR) is 71.3 cm³/mol. The number of nitrogens with one attached hydrogen (secondary N) is 1. The van der Waals surface area contributed by atoms with Gasteiger partial charge in [0.1, 0.15) is 0 Å². The molecule has 0 amide bonds. The Kier molecular flexibility index (Phi) is 4.83. The fraction of sp³-hybridized carbons (Fsp3) is 1.00. The highest BCUT2D eigenvalue weighted by Crippen LogP contribution is 2.33. The van der Waals surface area contributed by atoms with Crippen molar-refractivity contribution in [3.05, 3.63) is 0 Å². The van der Waals surface area contributed by atoms with Crippen molar-refractivity contribution in [2.24, 2.45) is 0 Å². The van der Waals surface area contributed by atoms with Gasteiger partial charge in [-0.2, -0.15) is 0 Å². The molecule has 0 aromatic rings. The van der Waals surface area contributed by atoms with Crippen molar-refractivity contribution < 1.29 is 4.74 Å². The van der Waals surface area contributed by atoms with Gasteiger partial charge >= 0.3 is 0 Å². The summed E-state index contributed by atoms with van der Waals surface area (Å²) in [6, 6.07) is 0. The molecule has 0 aromatic heterocycles. The smallest absolute Gasteiger partial charge is 0.0699 e. The summed E-state index contributed by atoms with van der Waals surface area (Å²) in [5.74, 6) is 0. The molecule has 100 valence electrons. The lowest BCUT2D eigenvalue weighted by Crippen LogP contribution is -2.51. The van der Waals surface area contributed by atoms with E-state index < -0.39 is 0 Å². The van der Waals surface area contributed by atoms with E-state index >= 15 is 0 Å². The van der Waals surface area contributed by atoms with E-state index in [1.165, 1.54) is 44.9 Å². The molecule has 3 nitrogen and oxygen atoms in total. The first-order valence-corrected chi connectivity index (χ1v) is 7.23. The summed E-state index contributed by atoms with van der Waals surface area (Å²) < 4.78 is 5.76. The summed E-state index contributed by atoms with van der Waals surface area (Å²) in [6.45, 7) is 3.13. The fourth-order valence-corrected chi connectivity index (χ4v) is 3.25. The van der Waals surface area contributed by atoms with Crippen LogP contribution in [-0.4, -0.2) is 50.3 Å². The first-order chi connectivity index (χ1) is 8.23. The molecule has 1 aliphatic carbocycles. The van der Waals surface area contributed by atoms with Crippen molar-refractivity contribution in [3.8, 4) is 0 Å². The zero-order chi connectivity index (χ0) is 12.1. The topological polar surface area (TPSA) is 24.5 Å². The molecule has 0 aromatic carbocycles. The van der Waals surface area contributed by atoms with Crippen LogP contribution in [0.2, 0.25) is 0 Å². The van der Waals surface area contributed by atoms with Gasteiger partial charge in [-0.05, 0) is 46.2 Å². The highest BCUT2D eigenvalue weighted by atomic mass is 16.5. The molecule has 1 unspecified atom stereocenters. The molecule has 3 heteroatoms. The van der Waals surface area contributed by atoms with Gasteiger partial charge in [0, 0.05) is 25.2 Å². The van der Waals surface area contributed by atoms with E-state index in [1.54, 1.807) is 0 Å². The Morgan fingerprint density at radius 1 is 1.18 bits per heavy atom. The molecule has 0 bridgehead atoms. The van der Waals surface area contributed by atoms with Gasteiger partial charge in [-0.25, -0.2) is 0 Å². The molecule has 2 rings (SSSR count). The molecule has 1 saturated carbocycles. The summed E-state index contributed by atoms with van der Waals surface area (Å²) in [7, 11) is 4.45. The molecule has 1 heterocycles. The van der Waals surface area contributed by atoms with Gasteiger partial charge < -0.3 is 15.0 Å². The predicted octanol–water partition coefficient (Wildman–Crippen LogP) is 2.02. The lowest BCUT2D eigenvalue weighted by atomic mass is 9.96. The number of hydrogen-bond acceptors (Lipinski definition) is 3. The molecule has 0 spiro atoms. The maximum absolute atomic E-state index is 5.76. The van der Waals surface area contributed by atoms with Gasteiger partial charge in [-0.15, -0.1) is 0 Å². The van der Waals surface area contributed by atoms with E-state index in [1.807, 2.05) is 0 Å². The third kappa shape index (κ3) is 3.43. The van der Waals surface area contributed by atoms with E-state index in [4.69, 9.17) is 4.74 Å². The van der Waals surface area contributed by atoms with Crippen LogP contribution in [0.3, 0.4) is 0 Å². The molecular formula is C14H28N2O. The zero-order valence-corrected chi connectivity index (χ0v) is 11.5. The normalized spacial score (nSPS) is 28.8. The minimum Gasteiger partial charge on any atom is -0.377 e. The lowest BCUT2D eigenvalue weighted by molar-refractivity contribution is 0.0145. The van der Waals surface area contributed by atoms with Crippen LogP contribution >= 0.6 is 0 Å².